The van der Waals surface area contributed by atoms with Gasteiger partial charge in [-0.2, -0.15) is 0 Å². The van der Waals surface area contributed by atoms with Gasteiger partial charge in [0.05, 0.1) is 0 Å². The van der Waals surface area contributed by atoms with Crippen LogP contribution in [-0.4, -0.2) is 36.1 Å². The molecule has 0 bridgehead atoms. The predicted octanol–water partition coefficient (Wildman–Crippen LogP) is 3.03. The second-order valence-corrected chi connectivity index (χ2v) is 6.17. The van der Waals surface area contributed by atoms with Gasteiger partial charge in [0.15, 0.2) is 0 Å². The smallest absolute Gasteiger partial charge is 0.0113 e. The number of rotatable bonds is 3. The molecule has 0 aromatic carbocycles. The van der Waals surface area contributed by atoms with Gasteiger partial charge in [-0.05, 0) is 58.0 Å². The van der Waals surface area contributed by atoms with Crippen molar-refractivity contribution in [3.05, 3.63) is 0 Å². The van der Waals surface area contributed by atoms with Crippen molar-refractivity contribution in [1.29, 1.82) is 0 Å². The molecule has 0 spiro atoms. The molecule has 17 heavy (non-hydrogen) atoms. The maximum absolute atomic E-state index is 3.65. The Hall–Kier alpha value is -0.0800. The fourth-order valence-corrected chi connectivity index (χ4v) is 3.82. The van der Waals surface area contributed by atoms with Crippen LogP contribution in [0.5, 0.6) is 0 Å². The van der Waals surface area contributed by atoms with Crippen LogP contribution in [0, 0.1) is 5.92 Å². The highest BCUT2D eigenvalue weighted by Gasteiger charge is 2.32. The minimum absolute atomic E-state index is 0.781. The number of likely N-dealkylation sites (tertiary alicyclic amines) is 1. The lowest BCUT2D eigenvalue weighted by atomic mass is 9.85. The van der Waals surface area contributed by atoms with E-state index in [0.717, 1.165) is 30.6 Å². The van der Waals surface area contributed by atoms with Crippen LogP contribution < -0.4 is 5.32 Å². The van der Waals surface area contributed by atoms with E-state index in [2.05, 4.69) is 31.0 Å². The van der Waals surface area contributed by atoms with Crippen LogP contribution in [0.1, 0.15) is 59.3 Å². The summed E-state index contributed by atoms with van der Waals surface area (Å²) >= 11 is 0. The third-order valence-electron chi connectivity index (χ3n) is 5.03. The molecule has 0 aromatic rings. The van der Waals surface area contributed by atoms with Crippen molar-refractivity contribution < 1.29 is 0 Å². The van der Waals surface area contributed by atoms with Crippen LogP contribution in [-0.2, 0) is 0 Å². The first-order valence-electron chi connectivity index (χ1n) is 7.71. The molecule has 2 aliphatic rings. The summed E-state index contributed by atoms with van der Waals surface area (Å²) in [5.74, 6) is 0.892. The fraction of sp³-hybridized carbons (Fsp3) is 1.00. The van der Waals surface area contributed by atoms with Gasteiger partial charge in [0, 0.05) is 18.1 Å². The normalized spacial score (nSPS) is 40.4. The summed E-state index contributed by atoms with van der Waals surface area (Å²) in [5, 5.41) is 3.65. The monoisotopic (exact) mass is 238 g/mol. The van der Waals surface area contributed by atoms with Gasteiger partial charge in [-0.15, -0.1) is 0 Å². The van der Waals surface area contributed by atoms with Crippen LogP contribution >= 0.6 is 0 Å². The Balaban J connectivity index is 1.91. The molecule has 2 fully saturated rings. The predicted molar refractivity (Wildman–Crippen MR) is 74.3 cm³/mol. The zero-order valence-corrected chi connectivity index (χ0v) is 11.9. The van der Waals surface area contributed by atoms with Gasteiger partial charge in [0.1, 0.15) is 0 Å². The van der Waals surface area contributed by atoms with Crippen LogP contribution in [0.15, 0.2) is 0 Å². The van der Waals surface area contributed by atoms with Gasteiger partial charge in [0.25, 0.3) is 0 Å². The highest BCUT2D eigenvalue weighted by molar-refractivity contribution is 4.89. The van der Waals surface area contributed by atoms with Gasteiger partial charge in [-0.1, -0.05) is 20.3 Å². The summed E-state index contributed by atoms with van der Waals surface area (Å²) < 4.78 is 0. The van der Waals surface area contributed by atoms with E-state index >= 15 is 0 Å². The standard InChI is InChI=1S/C15H30N2/c1-4-16-14-8-5-9-15(11-14)17-10-6-7-12(2)13(17)3/h12-16H,4-11H2,1-3H3. The van der Waals surface area contributed by atoms with E-state index in [1.54, 1.807) is 0 Å². The van der Waals surface area contributed by atoms with Crippen molar-refractivity contribution in [3.63, 3.8) is 0 Å². The quantitative estimate of drug-likeness (QED) is 0.813. The van der Waals surface area contributed by atoms with Crippen molar-refractivity contribution in [3.8, 4) is 0 Å². The molecule has 2 heteroatoms. The molecular formula is C15H30N2. The molecule has 1 N–H and O–H groups in total. The largest absolute Gasteiger partial charge is 0.314 e. The number of piperidine rings is 1. The van der Waals surface area contributed by atoms with Crippen molar-refractivity contribution in [1.82, 2.24) is 10.2 Å². The maximum atomic E-state index is 3.65. The number of hydrogen-bond acceptors (Lipinski definition) is 2. The Morgan fingerprint density at radius 1 is 1.12 bits per heavy atom. The summed E-state index contributed by atoms with van der Waals surface area (Å²) in [7, 11) is 0. The van der Waals surface area contributed by atoms with Crippen LogP contribution in [0.3, 0.4) is 0 Å². The van der Waals surface area contributed by atoms with Gasteiger partial charge >= 0.3 is 0 Å². The average Bonchev–Trinajstić information content (AvgIpc) is 2.33. The molecule has 100 valence electrons. The zero-order chi connectivity index (χ0) is 12.3. The minimum Gasteiger partial charge on any atom is -0.314 e. The SMILES string of the molecule is CCNC1CCCC(N2CCCC(C)C2C)C1. The van der Waals surface area contributed by atoms with E-state index in [1.165, 1.54) is 45.1 Å². The first kappa shape index (κ1) is 13.4. The molecule has 0 aromatic heterocycles. The fourth-order valence-electron chi connectivity index (χ4n) is 3.82. The molecule has 1 aliphatic carbocycles. The summed E-state index contributed by atoms with van der Waals surface area (Å²) in [6.45, 7) is 9.58. The van der Waals surface area contributed by atoms with E-state index in [4.69, 9.17) is 0 Å². The number of nitrogens with zero attached hydrogens (tertiary/aromatic N) is 1. The van der Waals surface area contributed by atoms with Gasteiger partial charge < -0.3 is 5.32 Å². The lowest BCUT2D eigenvalue weighted by molar-refractivity contribution is 0.0439. The molecule has 2 rings (SSSR count). The van der Waals surface area contributed by atoms with Crippen molar-refractivity contribution in [2.45, 2.75) is 77.4 Å². The Morgan fingerprint density at radius 2 is 1.94 bits per heavy atom. The first-order valence-corrected chi connectivity index (χ1v) is 7.71. The highest BCUT2D eigenvalue weighted by atomic mass is 15.2. The summed E-state index contributed by atoms with van der Waals surface area (Å²) in [6.07, 6.45) is 8.46. The first-order chi connectivity index (χ1) is 8.22. The molecule has 1 saturated carbocycles. The molecule has 0 amide bonds. The summed E-state index contributed by atoms with van der Waals surface area (Å²) in [6, 6.07) is 2.43. The second-order valence-electron chi connectivity index (χ2n) is 6.17. The van der Waals surface area contributed by atoms with E-state index in [-0.39, 0.29) is 0 Å². The minimum atomic E-state index is 0.781. The van der Waals surface area contributed by atoms with Crippen molar-refractivity contribution >= 4 is 0 Å². The Morgan fingerprint density at radius 3 is 2.71 bits per heavy atom. The second kappa shape index (κ2) is 6.19. The van der Waals surface area contributed by atoms with E-state index < -0.39 is 0 Å². The topological polar surface area (TPSA) is 15.3 Å². The molecule has 4 atom stereocenters. The van der Waals surface area contributed by atoms with Crippen molar-refractivity contribution in [2.24, 2.45) is 5.92 Å². The Labute approximate surface area is 107 Å². The summed E-state index contributed by atoms with van der Waals surface area (Å²) in [4.78, 5) is 2.82. The molecule has 1 heterocycles. The molecule has 1 saturated heterocycles. The molecular weight excluding hydrogens is 208 g/mol. The Kier molecular flexibility index (Phi) is 4.87. The third kappa shape index (κ3) is 3.23. The highest BCUT2D eigenvalue weighted by Crippen LogP contribution is 2.31. The zero-order valence-electron chi connectivity index (χ0n) is 11.9. The molecule has 4 unspecified atom stereocenters. The van der Waals surface area contributed by atoms with E-state index in [1.807, 2.05) is 0 Å². The maximum Gasteiger partial charge on any atom is 0.0113 e. The van der Waals surface area contributed by atoms with E-state index in [0.29, 0.717) is 0 Å². The number of hydrogen-bond donors (Lipinski definition) is 1. The number of nitrogens with one attached hydrogen (secondary N) is 1. The lowest BCUT2D eigenvalue weighted by Gasteiger charge is -2.45. The molecule has 0 radical (unpaired) electrons. The molecule has 2 nitrogen and oxygen atoms in total. The molecule has 1 aliphatic heterocycles. The lowest BCUT2D eigenvalue weighted by Crippen LogP contribution is -2.51. The van der Waals surface area contributed by atoms with Gasteiger partial charge in [-0.3, -0.25) is 4.90 Å². The van der Waals surface area contributed by atoms with Gasteiger partial charge in [0.2, 0.25) is 0 Å². The average molecular weight is 238 g/mol. The summed E-state index contributed by atoms with van der Waals surface area (Å²) in [5.41, 5.74) is 0. The van der Waals surface area contributed by atoms with Crippen LogP contribution in [0.25, 0.3) is 0 Å². The van der Waals surface area contributed by atoms with Crippen molar-refractivity contribution in [2.75, 3.05) is 13.1 Å². The van der Waals surface area contributed by atoms with Crippen LogP contribution in [0.2, 0.25) is 0 Å². The van der Waals surface area contributed by atoms with Crippen LogP contribution in [0.4, 0.5) is 0 Å². The van der Waals surface area contributed by atoms with Gasteiger partial charge in [-0.25, -0.2) is 0 Å². The Bertz CT molecular complexity index is 227. The van der Waals surface area contributed by atoms with E-state index in [9.17, 15) is 0 Å². The third-order valence-corrected chi connectivity index (χ3v) is 5.03.